The predicted molar refractivity (Wildman–Crippen MR) is 75.6 cm³/mol. The highest BCUT2D eigenvalue weighted by atomic mass is 15.2. The molecule has 0 aliphatic carbocycles. The highest BCUT2D eigenvalue weighted by molar-refractivity contribution is 6.47. The van der Waals surface area contributed by atoms with E-state index in [0.717, 1.165) is 16.8 Å². The number of hydrogen-bond donors (Lipinski definition) is 2. The number of benzene rings is 1. The first-order chi connectivity index (χ1) is 8.52. The highest BCUT2D eigenvalue weighted by Gasteiger charge is 2.24. The van der Waals surface area contributed by atoms with Crippen molar-refractivity contribution in [2.24, 2.45) is 10.7 Å². The SMILES string of the molecule is CC1=C(c2ccccc2)N(C)C(C)N=C1C(=N)N. The number of nitrogens with one attached hydrogen (secondary N) is 1. The van der Waals surface area contributed by atoms with Gasteiger partial charge in [0.1, 0.15) is 17.7 Å². The second kappa shape index (κ2) is 4.64. The summed E-state index contributed by atoms with van der Waals surface area (Å²) < 4.78 is 0. The van der Waals surface area contributed by atoms with Gasteiger partial charge in [-0.05, 0) is 19.4 Å². The van der Waals surface area contributed by atoms with Crippen LogP contribution >= 0.6 is 0 Å². The lowest BCUT2D eigenvalue weighted by molar-refractivity contribution is 0.377. The van der Waals surface area contributed by atoms with E-state index in [9.17, 15) is 0 Å². The van der Waals surface area contributed by atoms with E-state index in [-0.39, 0.29) is 12.0 Å². The zero-order valence-corrected chi connectivity index (χ0v) is 10.9. The molecule has 0 bridgehead atoms. The molecule has 18 heavy (non-hydrogen) atoms. The monoisotopic (exact) mass is 242 g/mol. The molecule has 1 aliphatic rings. The molecular formula is C14H18N4. The Kier molecular flexibility index (Phi) is 3.19. The lowest BCUT2D eigenvalue weighted by atomic mass is 10.00. The Bertz CT molecular complexity index is 528. The summed E-state index contributed by atoms with van der Waals surface area (Å²) in [6.45, 7) is 3.96. The smallest absolute Gasteiger partial charge is 0.141 e. The van der Waals surface area contributed by atoms with Crippen molar-refractivity contribution >= 4 is 17.2 Å². The van der Waals surface area contributed by atoms with Crippen molar-refractivity contribution < 1.29 is 0 Å². The van der Waals surface area contributed by atoms with E-state index in [1.807, 2.05) is 39.1 Å². The third-order valence-corrected chi connectivity index (χ3v) is 3.24. The maximum Gasteiger partial charge on any atom is 0.141 e. The van der Waals surface area contributed by atoms with Crippen molar-refractivity contribution in [2.75, 3.05) is 7.05 Å². The van der Waals surface area contributed by atoms with E-state index < -0.39 is 0 Å². The molecule has 0 fully saturated rings. The maximum atomic E-state index is 7.62. The number of nitrogens with zero attached hydrogens (tertiary/aromatic N) is 2. The van der Waals surface area contributed by atoms with Gasteiger partial charge in [0, 0.05) is 12.6 Å². The second-order valence-corrected chi connectivity index (χ2v) is 4.47. The van der Waals surface area contributed by atoms with Crippen LogP contribution in [0, 0.1) is 5.41 Å². The summed E-state index contributed by atoms with van der Waals surface area (Å²) in [5.41, 5.74) is 9.36. The fourth-order valence-electron chi connectivity index (χ4n) is 2.22. The maximum absolute atomic E-state index is 7.62. The molecule has 3 N–H and O–H groups in total. The summed E-state index contributed by atoms with van der Waals surface area (Å²) in [5.74, 6) is 0.0286. The summed E-state index contributed by atoms with van der Waals surface area (Å²) in [5, 5.41) is 7.62. The van der Waals surface area contributed by atoms with Crippen molar-refractivity contribution in [3.05, 3.63) is 41.5 Å². The van der Waals surface area contributed by atoms with Crippen molar-refractivity contribution in [2.45, 2.75) is 20.0 Å². The Morgan fingerprint density at radius 2 is 1.94 bits per heavy atom. The Labute approximate surface area is 107 Å². The summed E-state index contributed by atoms with van der Waals surface area (Å²) in [7, 11) is 2.01. The molecule has 0 saturated heterocycles. The van der Waals surface area contributed by atoms with Crippen LogP contribution in [0.4, 0.5) is 0 Å². The van der Waals surface area contributed by atoms with Gasteiger partial charge in [-0.2, -0.15) is 0 Å². The topological polar surface area (TPSA) is 65.5 Å². The third-order valence-electron chi connectivity index (χ3n) is 3.24. The molecule has 4 nitrogen and oxygen atoms in total. The molecule has 1 unspecified atom stereocenters. The molecule has 94 valence electrons. The molecular weight excluding hydrogens is 224 g/mol. The molecule has 1 atom stereocenters. The van der Waals surface area contributed by atoms with E-state index in [2.05, 4.69) is 22.0 Å². The Morgan fingerprint density at radius 3 is 2.50 bits per heavy atom. The molecule has 0 amide bonds. The van der Waals surface area contributed by atoms with Gasteiger partial charge in [-0.3, -0.25) is 10.4 Å². The average molecular weight is 242 g/mol. The van der Waals surface area contributed by atoms with Gasteiger partial charge in [0.25, 0.3) is 0 Å². The molecule has 1 aromatic carbocycles. The van der Waals surface area contributed by atoms with Crippen LogP contribution in [0.3, 0.4) is 0 Å². The number of nitrogens with two attached hydrogens (primary N) is 1. The van der Waals surface area contributed by atoms with Crippen LogP contribution in [0.2, 0.25) is 0 Å². The van der Waals surface area contributed by atoms with Gasteiger partial charge in [-0.1, -0.05) is 30.3 Å². The lowest BCUT2D eigenvalue weighted by Crippen LogP contribution is -2.37. The van der Waals surface area contributed by atoms with Gasteiger partial charge in [0.05, 0.1) is 5.70 Å². The van der Waals surface area contributed by atoms with Gasteiger partial charge in [-0.25, -0.2) is 0 Å². The van der Waals surface area contributed by atoms with Gasteiger partial charge in [0.2, 0.25) is 0 Å². The standard InChI is InChI=1S/C14H18N4/c1-9-12(14(15)16)17-10(2)18(3)13(9)11-7-5-4-6-8-11/h4-8,10H,1-3H3,(H3,15,16). The molecule has 2 rings (SSSR count). The highest BCUT2D eigenvalue weighted by Crippen LogP contribution is 2.28. The fourth-order valence-corrected chi connectivity index (χ4v) is 2.22. The van der Waals surface area contributed by atoms with E-state index >= 15 is 0 Å². The van der Waals surface area contributed by atoms with E-state index in [1.165, 1.54) is 0 Å². The summed E-state index contributed by atoms with van der Waals surface area (Å²) in [4.78, 5) is 6.56. The van der Waals surface area contributed by atoms with Crippen LogP contribution in [0.1, 0.15) is 19.4 Å². The van der Waals surface area contributed by atoms with Crippen LogP contribution in [0.5, 0.6) is 0 Å². The first-order valence-corrected chi connectivity index (χ1v) is 5.94. The van der Waals surface area contributed by atoms with Crippen LogP contribution in [-0.2, 0) is 0 Å². The Hall–Kier alpha value is -2.10. The minimum absolute atomic E-state index is 0.0113. The molecule has 0 radical (unpaired) electrons. The summed E-state index contributed by atoms with van der Waals surface area (Å²) in [6.07, 6.45) is -0.0113. The number of hydrogen-bond acceptors (Lipinski definition) is 3. The van der Waals surface area contributed by atoms with E-state index in [1.54, 1.807) is 0 Å². The molecule has 0 spiro atoms. The molecule has 1 heterocycles. The normalized spacial score (nSPS) is 19.8. The van der Waals surface area contributed by atoms with Crippen LogP contribution in [0.15, 0.2) is 40.9 Å². The molecule has 1 aliphatic heterocycles. The van der Waals surface area contributed by atoms with Crippen LogP contribution in [-0.4, -0.2) is 29.7 Å². The largest absolute Gasteiger partial charge is 0.382 e. The van der Waals surface area contributed by atoms with Crippen molar-refractivity contribution in [1.29, 1.82) is 5.41 Å². The Morgan fingerprint density at radius 1 is 1.33 bits per heavy atom. The van der Waals surface area contributed by atoms with E-state index in [4.69, 9.17) is 11.1 Å². The summed E-state index contributed by atoms with van der Waals surface area (Å²) >= 11 is 0. The van der Waals surface area contributed by atoms with Gasteiger partial charge >= 0.3 is 0 Å². The van der Waals surface area contributed by atoms with Gasteiger partial charge in [0.15, 0.2) is 0 Å². The minimum atomic E-state index is -0.0113. The van der Waals surface area contributed by atoms with Crippen LogP contribution in [0.25, 0.3) is 5.70 Å². The predicted octanol–water partition coefficient (Wildman–Crippen LogP) is 2.09. The fraction of sp³-hybridized carbons (Fsp3) is 0.286. The van der Waals surface area contributed by atoms with Crippen LogP contribution < -0.4 is 5.73 Å². The van der Waals surface area contributed by atoms with Crippen molar-refractivity contribution in [3.8, 4) is 0 Å². The van der Waals surface area contributed by atoms with Crippen molar-refractivity contribution in [3.63, 3.8) is 0 Å². The first-order valence-electron chi connectivity index (χ1n) is 5.94. The zero-order valence-electron chi connectivity index (χ0n) is 10.9. The number of aliphatic imine (C=N–C) groups is 1. The molecule has 1 aromatic rings. The number of amidine groups is 1. The zero-order chi connectivity index (χ0) is 13.3. The third kappa shape index (κ3) is 2.01. The quantitative estimate of drug-likeness (QED) is 0.616. The number of rotatable bonds is 2. The average Bonchev–Trinajstić information content (AvgIpc) is 2.35. The minimum Gasteiger partial charge on any atom is -0.382 e. The first kappa shape index (κ1) is 12.4. The lowest BCUT2D eigenvalue weighted by Gasteiger charge is -2.33. The second-order valence-electron chi connectivity index (χ2n) is 4.47. The molecule has 4 heteroatoms. The Balaban J connectivity index is 2.58. The summed E-state index contributed by atoms with van der Waals surface area (Å²) in [6, 6.07) is 10.1. The molecule has 0 aromatic heterocycles. The van der Waals surface area contributed by atoms with E-state index in [0.29, 0.717) is 5.71 Å². The van der Waals surface area contributed by atoms with Gasteiger partial charge < -0.3 is 10.6 Å². The van der Waals surface area contributed by atoms with Crippen molar-refractivity contribution in [1.82, 2.24) is 4.90 Å². The molecule has 0 saturated carbocycles. The van der Waals surface area contributed by atoms with Gasteiger partial charge in [-0.15, -0.1) is 0 Å².